The molecule has 0 bridgehead atoms. The lowest BCUT2D eigenvalue weighted by Gasteiger charge is -2.39. The molecule has 3 aromatic rings. The second-order valence-corrected chi connectivity index (χ2v) is 10.4. The molecule has 0 saturated heterocycles. The molecule has 0 saturated carbocycles. The third kappa shape index (κ3) is 2.56. The predicted molar refractivity (Wildman–Crippen MR) is 137 cm³/mol. The molecule has 0 spiro atoms. The number of nitrogens with zero attached hydrogens (tertiary/aromatic N) is 2. The van der Waals surface area contributed by atoms with Crippen LogP contribution in [-0.4, -0.2) is 26.2 Å². The van der Waals surface area contributed by atoms with E-state index >= 15 is 0 Å². The summed E-state index contributed by atoms with van der Waals surface area (Å²) in [6.45, 7) is 4.52. The molecule has 0 fully saturated rings. The first kappa shape index (κ1) is 19.0. The Hall–Kier alpha value is -3.33. The van der Waals surface area contributed by atoms with Gasteiger partial charge in [0.15, 0.2) is 6.54 Å². The van der Waals surface area contributed by atoms with Crippen molar-refractivity contribution >= 4 is 17.3 Å². The van der Waals surface area contributed by atoms with Gasteiger partial charge in [-0.15, -0.1) is 0 Å². The zero-order chi connectivity index (χ0) is 22.2. The summed E-state index contributed by atoms with van der Waals surface area (Å²) in [6.07, 6.45) is 11.8. The van der Waals surface area contributed by atoms with Gasteiger partial charge in [0.05, 0.1) is 5.56 Å². The lowest BCUT2D eigenvalue weighted by molar-refractivity contribution is 0.454. The molecule has 0 unspecified atom stereocenters. The first-order valence-corrected chi connectivity index (χ1v) is 13.0. The van der Waals surface area contributed by atoms with Crippen molar-refractivity contribution in [2.45, 2.75) is 38.5 Å². The quantitative estimate of drug-likeness (QED) is 0.408. The van der Waals surface area contributed by atoms with Gasteiger partial charge < -0.3 is 9.64 Å². The van der Waals surface area contributed by atoms with Crippen LogP contribution in [0.15, 0.2) is 48.5 Å². The van der Waals surface area contributed by atoms with E-state index in [1.54, 1.807) is 0 Å². The summed E-state index contributed by atoms with van der Waals surface area (Å²) in [5.74, 6) is 2.19. The maximum atomic E-state index is 7.04. The SMILES string of the molecule is C1=Cc2c3c(cc4c2=[N+](C1)CCC4)=C(c1ccccc1)c1cc2c4c(c1O3)CCCN4CCC2. The van der Waals surface area contributed by atoms with E-state index in [-0.39, 0.29) is 0 Å². The molecule has 5 aliphatic rings. The van der Waals surface area contributed by atoms with E-state index in [1.165, 1.54) is 94.0 Å². The van der Waals surface area contributed by atoms with E-state index < -0.39 is 0 Å². The van der Waals surface area contributed by atoms with Crippen molar-refractivity contribution < 1.29 is 4.74 Å². The highest BCUT2D eigenvalue weighted by atomic mass is 16.5. The van der Waals surface area contributed by atoms with Crippen LogP contribution in [0, 0.1) is 0 Å². The fourth-order valence-electron chi connectivity index (χ4n) is 7.10. The van der Waals surface area contributed by atoms with E-state index in [0.717, 1.165) is 37.4 Å². The van der Waals surface area contributed by atoms with Crippen molar-refractivity contribution in [3.63, 3.8) is 0 Å². The van der Waals surface area contributed by atoms with Gasteiger partial charge in [-0.2, -0.15) is 0 Å². The molecule has 0 aliphatic carbocycles. The number of rotatable bonds is 1. The van der Waals surface area contributed by atoms with Crippen molar-refractivity contribution in [3.8, 4) is 11.5 Å². The van der Waals surface area contributed by atoms with Crippen LogP contribution in [0.2, 0.25) is 0 Å². The summed E-state index contributed by atoms with van der Waals surface area (Å²) < 4.78 is 9.59. The second kappa shape index (κ2) is 7.09. The topological polar surface area (TPSA) is 15.5 Å². The Morgan fingerprint density at radius 1 is 0.853 bits per heavy atom. The van der Waals surface area contributed by atoms with Gasteiger partial charge >= 0.3 is 0 Å². The zero-order valence-corrected chi connectivity index (χ0v) is 19.6. The van der Waals surface area contributed by atoms with Crippen LogP contribution < -0.4 is 24.8 Å². The van der Waals surface area contributed by atoms with Crippen LogP contribution in [0.5, 0.6) is 11.5 Å². The van der Waals surface area contributed by atoms with Gasteiger partial charge in [-0.1, -0.05) is 30.3 Å². The van der Waals surface area contributed by atoms with Gasteiger partial charge in [-0.25, -0.2) is 4.58 Å². The standard InChI is InChI=1S/C31H29N2O/c1-2-8-20(9-3-1)27-25-18-21-10-4-14-32-16-6-12-23(28(21)32)30(25)34-31-24-13-7-17-33-15-5-11-22(29(24)33)19-26(27)31/h1-3,6,8-9,12,18-19H,4-5,7,10-11,13-17H2/q+1. The summed E-state index contributed by atoms with van der Waals surface area (Å²) >= 11 is 0. The fourth-order valence-corrected chi connectivity index (χ4v) is 7.10. The molecule has 5 heterocycles. The molecule has 168 valence electrons. The number of anilines is 1. The van der Waals surface area contributed by atoms with Crippen LogP contribution in [0.4, 0.5) is 5.69 Å². The zero-order valence-electron chi connectivity index (χ0n) is 19.6. The van der Waals surface area contributed by atoms with E-state index in [2.05, 4.69) is 64.1 Å². The van der Waals surface area contributed by atoms with E-state index in [0.29, 0.717) is 0 Å². The molecule has 3 heteroatoms. The first-order valence-electron chi connectivity index (χ1n) is 13.0. The molecule has 0 atom stereocenters. The Morgan fingerprint density at radius 2 is 1.71 bits per heavy atom. The summed E-state index contributed by atoms with van der Waals surface area (Å²) in [5, 5.41) is 2.69. The van der Waals surface area contributed by atoms with Crippen molar-refractivity contribution in [1.29, 1.82) is 0 Å². The summed E-state index contributed by atoms with van der Waals surface area (Å²) in [6, 6.07) is 16.0. The molecular weight excluding hydrogens is 416 g/mol. The highest BCUT2D eigenvalue weighted by Crippen LogP contribution is 2.48. The van der Waals surface area contributed by atoms with Gasteiger partial charge in [0.2, 0.25) is 5.36 Å². The third-order valence-electron chi connectivity index (χ3n) is 8.45. The minimum absolute atomic E-state index is 1.01. The largest absolute Gasteiger partial charge is 0.455 e. The molecule has 0 N–H and O–H groups in total. The first-order chi connectivity index (χ1) is 16.9. The number of hydrogen-bond acceptors (Lipinski definition) is 2. The molecule has 3 aromatic carbocycles. The third-order valence-corrected chi connectivity index (χ3v) is 8.45. The van der Waals surface area contributed by atoms with Crippen molar-refractivity contribution in [2.24, 2.45) is 0 Å². The molecule has 0 radical (unpaired) electrons. The Bertz CT molecular complexity index is 1530. The Morgan fingerprint density at radius 3 is 2.62 bits per heavy atom. The van der Waals surface area contributed by atoms with Crippen LogP contribution in [-0.2, 0) is 19.3 Å². The minimum Gasteiger partial charge on any atom is -0.455 e. The normalized spacial score (nSPS) is 19.1. The fraction of sp³-hybridized carbons (Fsp3) is 0.323. The van der Waals surface area contributed by atoms with E-state index in [9.17, 15) is 0 Å². The monoisotopic (exact) mass is 445 g/mol. The Kier molecular flexibility index (Phi) is 3.96. The van der Waals surface area contributed by atoms with Crippen molar-refractivity contribution in [2.75, 3.05) is 31.1 Å². The average molecular weight is 446 g/mol. The van der Waals surface area contributed by atoms with Crippen LogP contribution in [0.1, 0.15) is 52.6 Å². The van der Waals surface area contributed by atoms with Gasteiger partial charge in [0, 0.05) is 52.7 Å². The maximum Gasteiger partial charge on any atom is 0.214 e. The lowest BCUT2D eigenvalue weighted by atomic mass is 9.83. The van der Waals surface area contributed by atoms with Crippen LogP contribution in [0.3, 0.4) is 0 Å². The second-order valence-electron chi connectivity index (χ2n) is 10.4. The molecule has 0 amide bonds. The highest BCUT2D eigenvalue weighted by molar-refractivity contribution is 5.90. The summed E-state index contributed by atoms with van der Waals surface area (Å²) in [5.41, 5.74) is 11.2. The molecule has 34 heavy (non-hydrogen) atoms. The maximum absolute atomic E-state index is 7.04. The number of hydrogen-bond donors (Lipinski definition) is 0. The number of fused-ring (bicyclic) bond motifs is 4. The van der Waals surface area contributed by atoms with E-state index in [1.807, 2.05) is 0 Å². The molecule has 5 aliphatic heterocycles. The highest BCUT2D eigenvalue weighted by Gasteiger charge is 2.34. The number of ether oxygens (including phenoxy) is 1. The van der Waals surface area contributed by atoms with Gasteiger partial charge in [0.25, 0.3) is 0 Å². The predicted octanol–water partition coefficient (Wildman–Crippen LogP) is 4.20. The lowest BCUT2D eigenvalue weighted by Crippen LogP contribution is -2.43. The minimum atomic E-state index is 1.01. The van der Waals surface area contributed by atoms with Crippen molar-refractivity contribution in [1.82, 2.24) is 4.58 Å². The molecule has 8 rings (SSSR count). The summed E-state index contributed by atoms with van der Waals surface area (Å²) in [7, 11) is 0. The van der Waals surface area contributed by atoms with Gasteiger partial charge in [-0.05, 0) is 67.5 Å². The molecular formula is C31H29N2O+. The van der Waals surface area contributed by atoms with Gasteiger partial charge in [0.1, 0.15) is 18.0 Å². The van der Waals surface area contributed by atoms with E-state index in [4.69, 9.17) is 4.74 Å². The molecule has 0 aromatic heterocycles. The van der Waals surface area contributed by atoms with Crippen LogP contribution in [0.25, 0.3) is 11.6 Å². The average Bonchev–Trinajstić information content (AvgIpc) is 2.89. The number of benzene rings is 3. The van der Waals surface area contributed by atoms with Crippen molar-refractivity contribution in [3.05, 3.63) is 92.5 Å². The van der Waals surface area contributed by atoms with Gasteiger partial charge in [-0.3, -0.25) is 0 Å². The Labute approximate surface area is 200 Å². The van der Waals surface area contributed by atoms with Crippen LogP contribution >= 0.6 is 0 Å². The number of aryl methyl sites for hydroxylation is 2. The Balaban J connectivity index is 1.53. The summed E-state index contributed by atoms with van der Waals surface area (Å²) in [4.78, 5) is 2.62. The smallest absolute Gasteiger partial charge is 0.214 e. The molecule has 3 nitrogen and oxygen atoms in total.